The van der Waals surface area contributed by atoms with Crippen molar-refractivity contribution in [3.63, 3.8) is 0 Å². The molecule has 2 aromatic rings. The van der Waals surface area contributed by atoms with Gasteiger partial charge in [0.05, 0.1) is 21.1 Å². The number of carbonyl (C=O) groups is 1. The predicted molar refractivity (Wildman–Crippen MR) is 123 cm³/mol. The molecule has 1 aliphatic rings. The maximum atomic E-state index is 13.0. The van der Waals surface area contributed by atoms with Crippen molar-refractivity contribution < 1.29 is 14.3 Å². The van der Waals surface area contributed by atoms with Crippen LogP contribution in [0.5, 0.6) is 5.75 Å². The Morgan fingerprint density at radius 2 is 1.71 bits per heavy atom. The molecule has 0 aromatic heterocycles. The van der Waals surface area contributed by atoms with Crippen LogP contribution in [0, 0.1) is 18.3 Å². The standard InChI is InChI=1S/C24H20Cl3NO3/c1-14-7-10-21(20(27)11-14)31-23-6-4-3-5-22(23)30-15(2)24(29)17(13-28)16-8-9-18(25)19(26)12-16/h5-12,15,17H,3-4H2,1-2H3. The van der Waals surface area contributed by atoms with Crippen molar-refractivity contribution in [2.75, 3.05) is 0 Å². The van der Waals surface area contributed by atoms with Crippen LogP contribution in [0.1, 0.15) is 36.8 Å². The molecule has 0 fully saturated rings. The lowest BCUT2D eigenvalue weighted by Gasteiger charge is -2.23. The van der Waals surface area contributed by atoms with Crippen LogP contribution in [0.25, 0.3) is 0 Å². The molecule has 2 unspecified atom stereocenters. The van der Waals surface area contributed by atoms with E-state index in [-0.39, 0.29) is 10.8 Å². The van der Waals surface area contributed by atoms with Crippen LogP contribution in [0.15, 0.2) is 60.1 Å². The normalized spacial score (nSPS) is 15.2. The summed E-state index contributed by atoms with van der Waals surface area (Å²) < 4.78 is 11.9. The van der Waals surface area contributed by atoms with Crippen molar-refractivity contribution in [2.24, 2.45) is 0 Å². The third-order valence-electron chi connectivity index (χ3n) is 4.77. The van der Waals surface area contributed by atoms with Crippen molar-refractivity contribution in [1.29, 1.82) is 5.26 Å². The molecule has 0 amide bonds. The maximum absolute atomic E-state index is 13.0. The predicted octanol–water partition coefficient (Wildman–Crippen LogP) is 7.18. The van der Waals surface area contributed by atoms with E-state index in [4.69, 9.17) is 44.3 Å². The summed E-state index contributed by atoms with van der Waals surface area (Å²) in [4.78, 5) is 13.0. The molecule has 160 valence electrons. The van der Waals surface area contributed by atoms with E-state index in [0.29, 0.717) is 32.9 Å². The molecule has 7 heteroatoms. The third-order valence-corrected chi connectivity index (χ3v) is 5.81. The monoisotopic (exact) mass is 475 g/mol. The van der Waals surface area contributed by atoms with Crippen LogP contribution in [-0.4, -0.2) is 11.9 Å². The maximum Gasteiger partial charge on any atom is 0.194 e. The molecule has 31 heavy (non-hydrogen) atoms. The number of aryl methyl sites for hydroxylation is 1. The van der Waals surface area contributed by atoms with Gasteiger partial charge in [-0.25, -0.2) is 0 Å². The number of halogens is 3. The van der Waals surface area contributed by atoms with Gasteiger partial charge in [-0.2, -0.15) is 5.26 Å². The number of ketones is 1. The Kier molecular flexibility index (Phi) is 7.67. The number of nitrogens with zero attached hydrogens (tertiary/aromatic N) is 1. The summed E-state index contributed by atoms with van der Waals surface area (Å²) in [7, 11) is 0. The first-order valence-electron chi connectivity index (χ1n) is 9.69. The fraction of sp³-hybridized carbons (Fsp3) is 0.250. The minimum absolute atomic E-state index is 0.282. The minimum atomic E-state index is -1.03. The third kappa shape index (κ3) is 5.62. The van der Waals surface area contributed by atoms with Gasteiger partial charge in [0, 0.05) is 0 Å². The fourth-order valence-electron chi connectivity index (χ4n) is 3.11. The van der Waals surface area contributed by atoms with Gasteiger partial charge in [-0.1, -0.05) is 46.9 Å². The van der Waals surface area contributed by atoms with E-state index in [1.807, 2.05) is 37.3 Å². The van der Waals surface area contributed by atoms with E-state index in [2.05, 4.69) is 0 Å². The molecule has 0 radical (unpaired) electrons. The summed E-state index contributed by atoms with van der Waals surface area (Å²) in [6.07, 6.45) is 4.40. The van der Waals surface area contributed by atoms with Crippen molar-refractivity contribution >= 4 is 40.6 Å². The second-order valence-corrected chi connectivity index (χ2v) is 8.37. The van der Waals surface area contributed by atoms with Crippen LogP contribution >= 0.6 is 34.8 Å². The van der Waals surface area contributed by atoms with Gasteiger partial charge in [-0.05, 0) is 74.2 Å². The van der Waals surface area contributed by atoms with E-state index in [1.165, 1.54) is 6.07 Å². The molecule has 2 aromatic carbocycles. The minimum Gasteiger partial charge on any atom is -0.479 e. The van der Waals surface area contributed by atoms with Gasteiger partial charge in [-0.3, -0.25) is 4.79 Å². The quantitative estimate of drug-likeness (QED) is 0.425. The highest BCUT2D eigenvalue weighted by Gasteiger charge is 2.29. The summed E-state index contributed by atoms with van der Waals surface area (Å²) in [6, 6.07) is 12.2. The number of hydrogen-bond acceptors (Lipinski definition) is 4. The molecule has 3 rings (SSSR count). The molecule has 0 N–H and O–H groups in total. The van der Waals surface area contributed by atoms with Crippen LogP contribution < -0.4 is 4.74 Å². The fourth-order valence-corrected chi connectivity index (χ4v) is 3.69. The van der Waals surface area contributed by atoms with Crippen LogP contribution in [0.2, 0.25) is 15.1 Å². The molecular weight excluding hydrogens is 457 g/mol. The second kappa shape index (κ2) is 10.2. The van der Waals surface area contributed by atoms with Crippen LogP contribution in [-0.2, 0) is 9.53 Å². The lowest BCUT2D eigenvalue weighted by molar-refractivity contribution is -0.127. The van der Waals surface area contributed by atoms with Crippen molar-refractivity contribution in [3.05, 3.63) is 86.3 Å². The van der Waals surface area contributed by atoms with E-state index < -0.39 is 12.0 Å². The van der Waals surface area contributed by atoms with Crippen molar-refractivity contribution in [1.82, 2.24) is 0 Å². The molecule has 0 saturated carbocycles. The van der Waals surface area contributed by atoms with Crippen molar-refractivity contribution in [2.45, 2.75) is 38.7 Å². The molecule has 1 aliphatic carbocycles. The number of rotatable bonds is 7. The van der Waals surface area contributed by atoms with Gasteiger partial charge in [-0.15, -0.1) is 0 Å². The summed E-state index contributed by atoms with van der Waals surface area (Å²) in [5.41, 5.74) is 1.49. The molecule has 0 spiro atoms. The Morgan fingerprint density at radius 1 is 1.00 bits per heavy atom. The average molecular weight is 477 g/mol. The zero-order valence-corrected chi connectivity index (χ0v) is 19.3. The Hall–Kier alpha value is -2.45. The molecule has 2 atom stereocenters. The van der Waals surface area contributed by atoms with Gasteiger partial charge in [0.2, 0.25) is 0 Å². The lowest BCUT2D eigenvalue weighted by Crippen LogP contribution is -2.27. The number of Topliss-reactive ketones (excluding diaryl/α,β-unsaturated/α-hetero) is 1. The summed E-state index contributed by atoms with van der Waals surface area (Å²) in [6.45, 7) is 3.55. The number of ether oxygens (including phenoxy) is 2. The van der Waals surface area contributed by atoms with E-state index in [1.54, 1.807) is 25.1 Å². The van der Waals surface area contributed by atoms with Gasteiger partial charge >= 0.3 is 0 Å². The Bertz CT molecular complexity index is 1100. The summed E-state index contributed by atoms with van der Waals surface area (Å²) >= 11 is 18.3. The number of benzene rings is 2. The first-order valence-corrected chi connectivity index (χ1v) is 10.8. The van der Waals surface area contributed by atoms with Crippen LogP contribution in [0.3, 0.4) is 0 Å². The van der Waals surface area contributed by atoms with Gasteiger partial charge < -0.3 is 9.47 Å². The Balaban J connectivity index is 1.75. The van der Waals surface area contributed by atoms with E-state index in [0.717, 1.165) is 18.4 Å². The Labute approximate surface area is 196 Å². The SMILES string of the molecule is Cc1ccc(OC2=CCCC=C2OC(C)C(=O)C(C#N)c2ccc(Cl)c(Cl)c2)c(Cl)c1. The molecular formula is C24H20Cl3NO3. The highest BCUT2D eigenvalue weighted by molar-refractivity contribution is 6.42. The van der Waals surface area contributed by atoms with E-state index >= 15 is 0 Å². The van der Waals surface area contributed by atoms with Gasteiger partial charge in [0.1, 0.15) is 11.7 Å². The molecule has 4 nitrogen and oxygen atoms in total. The van der Waals surface area contributed by atoms with Crippen LogP contribution in [0.4, 0.5) is 0 Å². The van der Waals surface area contributed by atoms with Gasteiger partial charge in [0.25, 0.3) is 0 Å². The highest BCUT2D eigenvalue weighted by atomic mass is 35.5. The second-order valence-electron chi connectivity index (χ2n) is 7.15. The zero-order valence-electron chi connectivity index (χ0n) is 17.0. The number of nitriles is 1. The first kappa shape index (κ1) is 23.2. The summed E-state index contributed by atoms with van der Waals surface area (Å²) in [5, 5.41) is 10.7. The number of allylic oxidation sites excluding steroid dienone is 2. The molecule has 0 heterocycles. The van der Waals surface area contributed by atoms with Gasteiger partial charge in [0.15, 0.2) is 23.4 Å². The molecule has 0 aliphatic heterocycles. The lowest BCUT2D eigenvalue weighted by atomic mass is 9.93. The number of hydrogen-bond donors (Lipinski definition) is 0. The zero-order chi connectivity index (χ0) is 22.5. The first-order chi connectivity index (χ1) is 14.8. The topological polar surface area (TPSA) is 59.3 Å². The largest absolute Gasteiger partial charge is 0.479 e. The average Bonchev–Trinajstić information content (AvgIpc) is 2.74. The van der Waals surface area contributed by atoms with Crippen molar-refractivity contribution in [3.8, 4) is 11.8 Å². The molecule has 0 bridgehead atoms. The smallest absolute Gasteiger partial charge is 0.194 e. The molecule has 0 saturated heterocycles. The Morgan fingerprint density at radius 3 is 2.35 bits per heavy atom. The van der Waals surface area contributed by atoms with E-state index in [9.17, 15) is 10.1 Å². The highest BCUT2D eigenvalue weighted by Crippen LogP contribution is 2.32. The number of carbonyl (C=O) groups excluding carboxylic acids is 1. The summed E-state index contributed by atoms with van der Waals surface area (Å²) in [5.74, 6) is 0.00259.